The van der Waals surface area contributed by atoms with Crippen LogP contribution < -0.4 is 10.1 Å². The Morgan fingerprint density at radius 2 is 1.55 bits per heavy atom. The molecule has 1 heterocycles. The van der Waals surface area contributed by atoms with Crippen LogP contribution in [0.2, 0.25) is 0 Å². The molecule has 176 valence electrons. The molecule has 0 saturated carbocycles. The van der Waals surface area contributed by atoms with E-state index in [1.54, 1.807) is 30.3 Å². The minimum Gasteiger partial charge on any atom is -0.497 e. The van der Waals surface area contributed by atoms with Crippen LogP contribution in [0.5, 0.6) is 5.75 Å². The monoisotopic (exact) mass is 493 g/mol. The van der Waals surface area contributed by atoms with Gasteiger partial charge < -0.3 is 9.15 Å². The van der Waals surface area contributed by atoms with Crippen LogP contribution in [0.4, 0.5) is 6.01 Å². The summed E-state index contributed by atoms with van der Waals surface area (Å²) in [6.45, 7) is 0. The predicted molar refractivity (Wildman–Crippen MR) is 119 cm³/mol. The molecule has 3 rings (SSSR count). The first-order valence-electron chi connectivity index (χ1n) is 9.96. The predicted octanol–water partition coefficient (Wildman–Crippen LogP) is 2.29. The molecule has 0 fully saturated rings. The van der Waals surface area contributed by atoms with Gasteiger partial charge in [0.15, 0.2) is 19.7 Å². The molecule has 10 nitrogen and oxygen atoms in total. The molecule has 0 saturated heterocycles. The van der Waals surface area contributed by atoms with Gasteiger partial charge in [0.1, 0.15) is 5.75 Å². The van der Waals surface area contributed by atoms with Gasteiger partial charge in [0.25, 0.3) is 0 Å². The van der Waals surface area contributed by atoms with Crippen LogP contribution in [-0.4, -0.2) is 51.6 Å². The summed E-state index contributed by atoms with van der Waals surface area (Å²) in [5.41, 5.74) is 0. The van der Waals surface area contributed by atoms with E-state index < -0.39 is 25.6 Å². The van der Waals surface area contributed by atoms with Crippen molar-refractivity contribution in [3.63, 3.8) is 0 Å². The van der Waals surface area contributed by atoms with Gasteiger partial charge in [-0.15, -0.1) is 5.10 Å². The molecule has 1 aromatic heterocycles. The maximum absolute atomic E-state index is 12.4. The molecule has 0 bridgehead atoms. The van der Waals surface area contributed by atoms with E-state index in [-0.39, 0.29) is 52.5 Å². The summed E-state index contributed by atoms with van der Waals surface area (Å²) in [7, 11) is -5.55. The maximum atomic E-state index is 12.4. The zero-order valence-electron chi connectivity index (χ0n) is 17.8. The molecular weight excluding hydrogens is 470 g/mol. The number of nitrogens with one attached hydrogen (secondary N) is 1. The smallest absolute Gasteiger partial charge is 0.322 e. The van der Waals surface area contributed by atoms with Crippen molar-refractivity contribution in [2.24, 2.45) is 0 Å². The quantitative estimate of drug-likeness (QED) is 0.425. The number of nitrogens with zero attached hydrogens (tertiary/aromatic N) is 2. The van der Waals surface area contributed by atoms with Gasteiger partial charge in [-0.3, -0.25) is 10.1 Å². The molecule has 0 unspecified atom stereocenters. The number of hydrogen-bond acceptors (Lipinski definition) is 9. The van der Waals surface area contributed by atoms with E-state index in [9.17, 15) is 21.6 Å². The molecule has 1 amide bonds. The summed E-state index contributed by atoms with van der Waals surface area (Å²) in [4.78, 5) is 12.4. The number of rotatable bonds is 11. The van der Waals surface area contributed by atoms with E-state index in [2.05, 4.69) is 15.5 Å². The summed E-state index contributed by atoms with van der Waals surface area (Å²) >= 11 is 0. The number of hydrogen-bond donors (Lipinski definition) is 1. The van der Waals surface area contributed by atoms with E-state index in [4.69, 9.17) is 9.15 Å². The summed E-state index contributed by atoms with van der Waals surface area (Å²) in [5.74, 6) is -0.321. The van der Waals surface area contributed by atoms with Crippen LogP contribution in [0.1, 0.15) is 18.7 Å². The van der Waals surface area contributed by atoms with Crippen LogP contribution >= 0.6 is 0 Å². The highest BCUT2D eigenvalue weighted by atomic mass is 32.2. The first-order valence-corrected chi connectivity index (χ1v) is 13.3. The third-order valence-electron chi connectivity index (χ3n) is 4.64. The summed E-state index contributed by atoms with van der Waals surface area (Å²) in [5, 5.41) is 9.81. The van der Waals surface area contributed by atoms with Gasteiger partial charge in [-0.25, -0.2) is 16.8 Å². The van der Waals surface area contributed by atoms with Crippen molar-refractivity contribution in [3.05, 3.63) is 60.5 Å². The number of aryl methyl sites for hydroxylation is 1. The molecule has 0 spiro atoms. The number of benzene rings is 2. The van der Waals surface area contributed by atoms with Crippen LogP contribution in [0, 0.1) is 0 Å². The fourth-order valence-corrected chi connectivity index (χ4v) is 5.44. The highest BCUT2D eigenvalue weighted by molar-refractivity contribution is 7.91. The highest BCUT2D eigenvalue weighted by Crippen LogP contribution is 2.18. The van der Waals surface area contributed by atoms with Crippen molar-refractivity contribution >= 4 is 31.6 Å². The van der Waals surface area contributed by atoms with Gasteiger partial charge >= 0.3 is 6.01 Å². The fourth-order valence-electron chi connectivity index (χ4n) is 2.88. The lowest BCUT2D eigenvalue weighted by atomic mass is 10.3. The lowest BCUT2D eigenvalue weighted by molar-refractivity contribution is -0.116. The van der Waals surface area contributed by atoms with E-state index in [0.29, 0.717) is 5.75 Å². The second kappa shape index (κ2) is 10.6. The molecule has 0 atom stereocenters. The maximum Gasteiger partial charge on any atom is 0.322 e. The summed E-state index contributed by atoms with van der Waals surface area (Å²) in [6, 6.07) is 13.8. The van der Waals surface area contributed by atoms with Crippen molar-refractivity contribution in [1.29, 1.82) is 0 Å². The number of ether oxygens (including phenoxy) is 1. The summed E-state index contributed by atoms with van der Waals surface area (Å²) < 4.78 is 59.6. The molecule has 12 heteroatoms. The number of carbonyl (C=O) groups is 1. The normalized spacial score (nSPS) is 11.8. The first-order chi connectivity index (χ1) is 15.7. The van der Waals surface area contributed by atoms with Crippen LogP contribution in [0.25, 0.3) is 0 Å². The Labute approximate surface area is 191 Å². The highest BCUT2D eigenvalue weighted by Gasteiger charge is 2.18. The molecule has 33 heavy (non-hydrogen) atoms. The lowest BCUT2D eigenvalue weighted by Crippen LogP contribution is -2.14. The van der Waals surface area contributed by atoms with Gasteiger partial charge in [-0.2, -0.15) is 0 Å². The Morgan fingerprint density at radius 1 is 0.909 bits per heavy atom. The average Bonchev–Trinajstić information content (AvgIpc) is 3.25. The van der Waals surface area contributed by atoms with E-state index in [1.165, 1.54) is 31.4 Å². The third-order valence-corrected chi connectivity index (χ3v) is 8.18. The molecule has 0 aliphatic heterocycles. The average molecular weight is 494 g/mol. The fraction of sp³-hybridized carbons (Fsp3) is 0.286. The molecule has 0 aliphatic rings. The SMILES string of the molecule is COc1ccc(S(=O)(=O)CCCC(=O)Nc2nnc(CCS(=O)(=O)c3ccccc3)o2)cc1. The Hall–Kier alpha value is -3.25. The number of anilines is 1. The van der Waals surface area contributed by atoms with Crippen LogP contribution in [0.3, 0.4) is 0 Å². The first kappa shape index (κ1) is 24.4. The van der Waals surface area contributed by atoms with Gasteiger partial charge in [-0.1, -0.05) is 23.3 Å². The van der Waals surface area contributed by atoms with E-state index >= 15 is 0 Å². The van der Waals surface area contributed by atoms with Crippen LogP contribution in [0.15, 0.2) is 68.8 Å². The zero-order chi connectivity index (χ0) is 23.9. The van der Waals surface area contributed by atoms with Gasteiger partial charge in [0, 0.05) is 12.8 Å². The topological polar surface area (TPSA) is 146 Å². The van der Waals surface area contributed by atoms with Crippen molar-refractivity contribution in [3.8, 4) is 5.75 Å². The number of sulfone groups is 2. The molecule has 0 radical (unpaired) electrons. The van der Waals surface area contributed by atoms with Gasteiger partial charge in [-0.05, 0) is 42.8 Å². The second-order valence-electron chi connectivity index (χ2n) is 7.03. The third kappa shape index (κ3) is 6.86. The Morgan fingerprint density at radius 3 is 2.21 bits per heavy atom. The van der Waals surface area contributed by atoms with Gasteiger partial charge in [0.05, 0.1) is 28.4 Å². The van der Waals surface area contributed by atoms with Crippen molar-refractivity contribution in [2.45, 2.75) is 29.1 Å². The lowest BCUT2D eigenvalue weighted by Gasteiger charge is -2.05. The number of aromatic nitrogens is 2. The largest absolute Gasteiger partial charge is 0.497 e. The molecule has 2 aromatic carbocycles. The van der Waals surface area contributed by atoms with Crippen molar-refractivity contribution in [1.82, 2.24) is 10.2 Å². The van der Waals surface area contributed by atoms with Crippen molar-refractivity contribution < 1.29 is 30.8 Å². The van der Waals surface area contributed by atoms with Gasteiger partial charge in [0.2, 0.25) is 11.8 Å². The Bertz CT molecular complexity index is 1290. The number of amides is 1. The second-order valence-corrected chi connectivity index (χ2v) is 11.2. The number of carbonyl (C=O) groups excluding carboxylic acids is 1. The minimum atomic E-state index is -3.54. The van der Waals surface area contributed by atoms with E-state index in [0.717, 1.165) is 0 Å². The molecular formula is C21H23N3O7S2. The Balaban J connectivity index is 1.46. The summed E-state index contributed by atoms with van der Waals surface area (Å²) in [6.07, 6.45) is 0.00615. The molecule has 1 N–H and O–H groups in total. The minimum absolute atomic E-state index is 0.0137. The zero-order valence-corrected chi connectivity index (χ0v) is 19.4. The Kier molecular flexibility index (Phi) is 7.82. The molecule has 3 aromatic rings. The molecule has 0 aliphatic carbocycles. The van der Waals surface area contributed by atoms with Crippen molar-refractivity contribution in [2.75, 3.05) is 23.9 Å². The van der Waals surface area contributed by atoms with E-state index in [1.807, 2.05) is 0 Å². The number of methoxy groups -OCH3 is 1. The van der Waals surface area contributed by atoms with Crippen LogP contribution in [-0.2, 0) is 30.9 Å². The standard InChI is InChI=1S/C21H23N3O7S2/c1-30-16-9-11-18(12-10-16)32(26,27)14-5-8-19(25)22-21-24-23-20(31-21)13-15-33(28,29)17-6-3-2-4-7-17/h2-4,6-7,9-12H,5,8,13-15H2,1H3,(H,22,24,25).